The van der Waals surface area contributed by atoms with Gasteiger partial charge in [0.2, 0.25) is 15.9 Å². The predicted molar refractivity (Wildman–Crippen MR) is 98.8 cm³/mol. The number of hydrogen-bond donors (Lipinski definition) is 2. The maximum atomic E-state index is 12.9. The number of aliphatic carboxylic acids is 1. The molecule has 1 aromatic rings. The van der Waals surface area contributed by atoms with Crippen LogP contribution in [-0.2, 0) is 19.6 Å². The van der Waals surface area contributed by atoms with E-state index in [0.29, 0.717) is 12.3 Å². The van der Waals surface area contributed by atoms with E-state index in [1.807, 2.05) is 0 Å². The Balaban J connectivity index is 2.19. The molecular weight excluding hydrogens is 372 g/mol. The highest BCUT2D eigenvalue weighted by atomic mass is 32.2. The number of nitrogens with one attached hydrogen (secondary N) is 1. The molecule has 0 spiro atoms. The third kappa shape index (κ3) is 4.78. The predicted octanol–water partition coefficient (Wildman–Crippen LogP) is 1.18. The molecule has 0 saturated carbocycles. The Labute approximate surface area is 159 Å². The van der Waals surface area contributed by atoms with Crippen LogP contribution in [0.25, 0.3) is 0 Å². The molecule has 1 aliphatic heterocycles. The second-order valence-corrected chi connectivity index (χ2v) is 8.90. The van der Waals surface area contributed by atoms with Gasteiger partial charge in [-0.1, -0.05) is 20.8 Å². The van der Waals surface area contributed by atoms with Crippen LogP contribution in [0.3, 0.4) is 0 Å². The minimum Gasteiger partial charge on any atom is -0.497 e. The molecule has 27 heavy (non-hydrogen) atoms. The van der Waals surface area contributed by atoms with Gasteiger partial charge in [0.05, 0.1) is 17.9 Å². The number of methoxy groups -OCH3 is 1. The summed E-state index contributed by atoms with van der Waals surface area (Å²) in [6, 6.07) is 4.89. The van der Waals surface area contributed by atoms with Crippen molar-refractivity contribution in [2.45, 2.75) is 31.7 Å². The lowest BCUT2D eigenvalue weighted by molar-refractivity contribution is -0.142. The van der Waals surface area contributed by atoms with Gasteiger partial charge in [0.1, 0.15) is 11.8 Å². The molecule has 8 nitrogen and oxygen atoms in total. The summed E-state index contributed by atoms with van der Waals surface area (Å²) in [6.45, 7) is 5.64. The number of carboxylic acid groups (broad SMARTS) is 1. The number of ether oxygens (including phenoxy) is 1. The summed E-state index contributed by atoms with van der Waals surface area (Å²) in [4.78, 5) is 25.6. The molecule has 0 radical (unpaired) electrons. The van der Waals surface area contributed by atoms with Crippen LogP contribution in [0.5, 0.6) is 5.75 Å². The zero-order valence-electron chi connectivity index (χ0n) is 15.9. The molecule has 9 heteroatoms. The van der Waals surface area contributed by atoms with Crippen molar-refractivity contribution < 1.29 is 27.9 Å². The van der Waals surface area contributed by atoms with Crippen LogP contribution in [0, 0.1) is 17.8 Å². The topological polar surface area (TPSA) is 113 Å². The molecule has 3 atom stereocenters. The van der Waals surface area contributed by atoms with Gasteiger partial charge in [-0.15, -0.1) is 0 Å². The van der Waals surface area contributed by atoms with Crippen molar-refractivity contribution >= 4 is 21.9 Å². The number of carbonyl (C=O) groups excluding carboxylic acids is 1. The maximum absolute atomic E-state index is 12.9. The van der Waals surface area contributed by atoms with Crippen LogP contribution in [0.15, 0.2) is 29.2 Å². The van der Waals surface area contributed by atoms with Crippen molar-refractivity contribution in [2.75, 3.05) is 20.2 Å². The minimum absolute atomic E-state index is 0.0277. The average molecular weight is 398 g/mol. The molecule has 1 aliphatic rings. The van der Waals surface area contributed by atoms with Gasteiger partial charge in [-0.2, -0.15) is 4.72 Å². The highest BCUT2D eigenvalue weighted by molar-refractivity contribution is 7.89. The number of hydrogen-bond acceptors (Lipinski definition) is 5. The number of nitrogens with zero attached hydrogens (tertiary/aromatic N) is 1. The Bertz CT molecular complexity index is 791. The molecule has 0 unspecified atom stereocenters. The molecule has 1 heterocycles. The minimum atomic E-state index is -3.92. The van der Waals surface area contributed by atoms with Gasteiger partial charge >= 0.3 is 5.97 Å². The summed E-state index contributed by atoms with van der Waals surface area (Å²) in [6.07, 6.45) is 0. The van der Waals surface area contributed by atoms with E-state index in [1.165, 1.54) is 36.3 Å². The third-order valence-corrected chi connectivity index (χ3v) is 6.28. The first-order valence-corrected chi connectivity index (χ1v) is 10.2. The van der Waals surface area contributed by atoms with Crippen molar-refractivity contribution in [3.8, 4) is 5.75 Å². The Morgan fingerprint density at radius 3 is 2.26 bits per heavy atom. The van der Waals surface area contributed by atoms with Gasteiger partial charge in [-0.3, -0.25) is 9.59 Å². The van der Waals surface area contributed by atoms with E-state index in [0.717, 1.165) is 0 Å². The fourth-order valence-electron chi connectivity index (χ4n) is 3.13. The molecule has 0 bridgehead atoms. The number of carboxylic acids is 1. The molecule has 1 saturated heterocycles. The number of benzene rings is 1. The fraction of sp³-hybridized carbons (Fsp3) is 0.556. The van der Waals surface area contributed by atoms with E-state index in [2.05, 4.69) is 4.72 Å². The van der Waals surface area contributed by atoms with Gasteiger partial charge in [0, 0.05) is 13.1 Å². The number of amides is 1. The summed E-state index contributed by atoms with van der Waals surface area (Å²) in [5, 5.41) is 9.25. The van der Waals surface area contributed by atoms with Crippen LogP contribution < -0.4 is 9.46 Å². The molecule has 0 aliphatic carbocycles. The summed E-state index contributed by atoms with van der Waals surface area (Å²) in [5.74, 6) is -1.95. The molecule has 1 aromatic carbocycles. The van der Waals surface area contributed by atoms with Gasteiger partial charge in [-0.25, -0.2) is 8.42 Å². The number of rotatable bonds is 7. The number of carbonyl (C=O) groups is 2. The van der Waals surface area contributed by atoms with E-state index in [4.69, 9.17) is 4.74 Å². The molecule has 2 rings (SSSR count). The lowest BCUT2D eigenvalue weighted by Gasteiger charge is -2.26. The van der Waals surface area contributed by atoms with Gasteiger partial charge in [0.25, 0.3) is 0 Å². The second-order valence-electron chi connectivity index (χ2n) is 7.18. The van der Waals surface area contributed by atoms with Crippen LogP contribution in [0.2, 0.25) is 0 Å². The highest BCUT2D eigenvalue weighted by Gasteiger charge is 2.40. The molecule has 1 fully saturated rings. The Kier molecular flexibility index (Phi) is 6.48. The number of sulfonamides is 1. The lowest BCUT2D eigenvalue weighted by Crippen LogP contribution is -2.50. The van der Waals surface area contributed by atoms with E-state index >= 15 is 0 Å². The van der Waals surface area contributed by atoms with Crippen molar-refractivity contribution in [1.82, 2.24) is 9.62 Å². The summed E-state index contributed by atoms with van der Waals surface area (Å²) < 4.78 is 32.9. The van der Waals surface area contributed by atoms with Crippen molar-refractivity contribution in [2.24, 2.45) is 17.8 Å². The average Bonchev–Trinajstić information content (AvgIpc) is 3.01. The van der Waals surface area contributed by atoms with E-state index in [-0.39, 0.29) is 23.3 Å². The van der Waals surface area contributed by atoms with Gasteiger partial charge in [0.15, 0.2) is 0 Å². The van der Waals surface area contributed by atoms with Crippen LogP contribution in [0.1, 0.15) is 20.8 Å². The van der Waals surface area contributed by atoms with Crippen LogP contribution >= 0.6 is 0 Å². The molecule has 0 aromatic heterocycles. The zero-order valence-corrected chi connectivity index (χ0v) is 16.7. The quantitative estimate of drug-likeness (QED) is 0.713. The summed E-state index contributed by atoms with van der Waals surface area (Å²) in [7, 11) is -2.43. The van der Waals surface area contributed by atoms with Crippen molar-refractivity contribution in [3.63, 3.8) is 0 Å². The lowest BCUT2D eigenvalue weighted by atomic mass is 9.99. The van der Waals surface area contributed by atoms with Gasteiger partial charge in [-0.05, 0) is 36.1 Å². The highest BCUT2D eigenvalue weighted by Crippen LogP contribution is 2.25. The molecule has 150 valence electrons. The van der Waals surface area contributed by atoms with E-state index in [1.54, 1.807) is 20.8 Å². The summed E-state index contributed by atoms with van der Waals surface area (Å²) in [5.41, 5.74) is 0. The maximum Gasteiger partial charge on any atom is 0.308 e. The molecule has 1 amide bonds. The smallest absolute Gasteiger partial charge is 0.308 e. The monoisotopic (exact) mass is 398 g/mol. The largest absolute Gasteiger partial charge is 0.497 e. The Morgan fingerprint density at radius 1 is 1.22 bits per heavy atom. The standard InChI is InChI=1S/C18H26N2O6S/c1-11(2)16(17(21)20-9-12(3)15(10-20)18(22)23)19-27(24,25)14-7-5-13(26-4)6-8-14/h5-8,11-12,15-16,19H,9-10H2,1-4H3,(H,22,23)/t12-,15-,16+/m1/s1. The Hall–Kier alpha value is -2.13. The Morgan fingerprint density at radius 2 is 1.81 bits per heavy atom. The van der Waals surface area contributed by atoms with E-state index in [9.17, 15) is 23.1 Å². The molecular formula is C18H26N2O6S. The second kappa shape index (κ2) is 8.26. The van der Waals surface area contributed by atoms with Crippen molar-refractivity contribution in [1.29, 1.82) is 0 Å². The molecule has 2 N–H and O–H groups in total. The van der Waals surface area contributed by atoms with Crippen molar-refractivity contribution in [3.05, 3.63) is 24.3 Å². The van der Waals surface area contributed by atoms with Crippen LogP contribution in [0.4, 0.5) is 0 Å². The number of likely N-dealkylation sites (tertiary alicyclic amines) is 1. The summed E-state index contributed by atoms with van der Waals surface area (Å²) >= 11 is 0. The first-order chi connectivity index (χ1) is 12.6. The van der Waals surface area contributed by atoms with Gasteiger partial charge < -0.3 is 14.7 Å². The SMILES string of the molecule is COc1ccc(S(=O)(=O)N[C@H](C(=O)N2C[C@@H](C)[C@H](C(=O)O)C2)C(C)C)cc1. The first-order valence-electron chi connectivity index (χ1n) is 8.74. The first kappa shape index (κ1) is 21.2. The van der Waals surface area contributed by atoms with E-state index < -0.39 is 33.9 Å². The zero-order chi connectivity index (χ0) is 20.4. The normalized spacial score (nSPS) is 21.3. The van der Waals surface area contributed by atoms with Crippen LogP contribution in [-0.4, -0.2) is 56.5 Å². The third-order valence-electron chi connectivity index (χ3n) is 4.83. The fourth-order valence-corrected chi connectivity index (χ4v) is 4.46.